The van der Waals surface area contributed by atoms with E-state index >= 15 is 0 Å². The lowest BCUT2D eigenvalue weighted by Gasteiger charge is -2.12. The Morgan fingerprint density at radius 2 is 1.75 bits per heavy atom. The molecule has 0 aromatic heterocycles. The summed E-state index contributed by atoms with van der Waals surface area (Å²) < 4.78 is 25.3. The highest BCUT2D eigenvalue weighted by Crippen LogP contribution is 2.13. The fraction of sp³-hybridized carbons (Fsp3) is 0.417. The average Bonchev–Trinajstić information content (AvgIpc) is 2.43. The predicted molar refractivity (Wildman–Crippen MR) is 78.3 cm³/mol. The van der Waals surface area contributed by atoms with E-state index in [1.807, 2.05) is 0 Å². The molecule has 0 heterocycles. The molecule has 20 heavy (non-hydrogen) atoms. The first-order chi connectivity index (χ1) is 9.36. The summed E-state index contributed by atoms with van der Waals surface area (Å²) in [6.45, 7) is 1.03. The molecule has 3 N–H and O–H groups in total. The van der Waals surface area contributed by atoms with Crippen molar-refractivity contribution in [1.82, 2.24) is 14.9 Å². The molecule has 7 nitrogen and oxygen atoms in total. The van der Waals surface area contributed by atoms with Gasteiger partial charge in [0, 0.05) is 32.9 Å². The Bertz CT molecular complexity index is 540. The highest BCUT2D eigenvalue weighted by Gasteiger charge is 2.10. The lowest BCUT2D eigenvalue weighted by molar-refractivity contribution is 0.218. The summed E-state index contributed by atoms with van der Waals surface area (Å²) in [7, 11) is 1.31. The largest absolute Gasteiger partial charge is 0.383 e. The summed E-state index contributed by atoms with van der Waals surface area (Å²) in [4.78, 5) is 12.9. The quantitative estimate of drug-likeness (QED) is 0.658. The molecule has 0 aliphatic rings. The first-order valence-electron chi connectivity index (χ1n) is 6.09. The van der Waals surface area contributed by atoms with Crippen molar-refractivity contribution in [3.8, 4) is 0 Å². The molecule has 0 atom stereocenters. The molecule has 0 saturated carbocycles. The van der Waals surface area contributed by atoms with Gasteiger partial charge in [0.15, 0.2) is 0 Å². The van der Waals surface area contributed by atoms with Crippen LogP contribution in [0.2, 0.25) is 0 Å². The van der Waals surface area contributed by atoms with E-state index in [-0.39, 0.29) is 10.9 Å². The number of nitrogens with zero attached hydrogens (tertiary/aromatic N) is 1. The Morgan fingerprint density at radius 1 is 1.15 bits per heavy atom. The minimum absolute atomic E-state index is 0.151. The van der Waals surface area contributed by atoms with Crippen molar-refractivity contribution < 1.29 is 13.2 Å². The Balaban J connectivity index is 2.45. The Hall–Kier alpha value is -1.80. The molecule has 0 aliphatic carbocycles. The molecule has 8 heteroatoms. The van der Waals surface area contributed by atoms with E-state index in [1.165, 1.54) is 24.1 Å². The van der Waals surface area contributed by atoms with Gasteiger partial charge in [-0.05, 0) is 31.3 Å². The zero-order valence-electron chi connectivity index (χ0n) is 11.8. The number of hydrogen-bond donors (Lipinski definition) is 3. The van der Waals surface area contributed by atoms with Gasteiger partial charge in [0.25, 0.3) is 0 Å². The van der Waals surface area contributed by atoms with Crippen molar-refractivity contribution in [2.45, 2.75) is 4.90 Å². The number of rotatable bonds is 6. The van der Waals surface area contributed by atoms with Crippen LogP contribution in [0.4, 0.5) is 10.5 Å². The molecule has 1 rings (SSSR count). The molecule has 0 saturated heterocycles. The maximum absolute atomic E-state index is 11.5. The fourth-order valence-electron chi connectivity index (χ4n) is 1.40. The molecule has 0 spiro atoms. The fourth-order valence-corrected chi connectivity index (χ4v) is 2.13. The first kappa shape index (κ1) is 16.3. The van der Waals surface area contributed by atoms with Crippen LogP contribution in [0.15, 0.2) is 29.2 Å². The minimum atomic E-state index is -3.40. The topological polar surface area (TPSA) is 90.5 Å². The first-order valence-corrected chi connectivity index (χ1v) is 7.58. The molecule has 0 radical (unpaired) electrons. The van der Waals surface area contributed by atoms with E-state index in [1.54, 1.807) is 26.2 Å². The number of anilines is 1. The van der Waals surface area contributed by atoms with Gasteiger partial charge in [0.05, 0.1) is 4.90 Å². The van der Waals surface area contributed by atoms with Crippen molar-refractivity contribution >= 4 is 21.7 Å². The molecule has 0 fully saturated rings. The normalized spacial score (nSPS) is 10.9. The number of sulfonamides is 1. The van der Waals surface area contributed by atoms with Crippen LogP contribution in [0.1, 0.15) is 0 Å². The number of carbonyl (C=O) groups is 1. The number of amides is 2. The predicted octanol–water partition coefficient (Wildman–Crippen LogP) is 0.278. The third-order valence-electron chi connectivity index (χ3n) is 2.57. The Morgan fingerprint density at radius 3 is 2.25 bits per heavy atom. The average molecular weight is 300 g/mol. The summed E-state index contributed by atoms with van der Waals surface area (Å²) in [5.74, 6) is 0. The van der Waals surface area contributed by atoms with Crippen LogP contribution in [0.3, 0.4) is 0 Å². The van der Waals surface area contributed by atoms with Crippen LogP contribution in [0.25, 0.3) is 0 Å². The summed E-state index contributed by atoms with van der Waals surface area (Å²) in [6, 6.07) is 6.25. The molecule has 1 aromatic rings. The van der Waals surface area contributed by atoms with Crippen LogP contribution >= 0.6 is 0 Å². The molecular weight excluding hydrogens is 280 g/mol. The Labute approximate surface area is 119 Å². The van der Waals surface area contributed by atoms with E-state index in [0.29, 0.717) is 13.1 Å². The molecule has 2 amide bonds. The van der Waals surface area contributed by atoms with Crippen LogP contribution in [-0.4, -0.2) is 53.6 Å². The van der Waals surface area contributed by atoms with Crippen molar-refractivity contribution in [3.63, 3.8) is 0 Å². The highest BCUT2D eigenvalue weighted by molar-refractivity contribution is 7.89. The van der Waals surface area contributed by atoms with E-state index in [9.17, 15) is 13.2 Å². The number of nitrogens with one attached hydrogen (secondary N) is 3. The molecule has 0 bridgehead atoms. The molecular formula is C12H20N4O3S. The molecule has 1 aromatic carbocycles. The lowest BCUT2D eigenvalue weighted by Crippen LogP contribution is -2.37. The van der Waals surface area contributed by atoms with E-state index in [4.69, 9.17) is 0 Å². The van der Waals surface area contributed by atoms with Crippen LogP contribution in [-0.2, 0) is 10.0 Å². The summed E-state index contributed by atoms with van der Waals surface area (Å²) in [5, 5.41) is 5.80. The van der Waals surface area contributed by atoms with Crippen molar-refractivity contribution in [2.24, 2.45) is 0 Å². The van der Waals surface area contributed by atoms with Crippen LogP contribution in [0.5, 0.6) is 0 Å². The lowest BCUT2D eigenvalue weighted by atomic mass is 10.3. The Kier molecular flexibility index (Phi) is 5.78. The number of benzene rings is 1. The smallest absolute Gasteiger partial charge is 0.316 e. The monoisotopic (exact) mass is 300 g/mol. The molecule has 0 unspecified atom stereocenters. The van der Waals surface area contributed by atoms with Gasteiger partial charge < -0.3 is 15.5 Å². The van der Waals surface area contributed by atoms with Gasteiger partial charge in [-0.25, -0.2) is 17.9 Å². The maximum atomic E-state index is 11.5. The third-order valence-corrected chi connectivity index (χ3v) is 4.00. The van der Waals surface area contributed by atoms with Gasteiger partial charge in [-0.3, -0.25) is 0 Å². The van der Waals surface area contributed by atoms with E-state index in [2.05, 4.69) is 15.4 Å². The van der Waals surface area contributed by atoms with E-state index in [0.717, 1.165) is 5.69 Å². The zero-order valence-corrected chi connectivity index (χ0v) is 12.6. The van der Waals surface area contributed by atoms with Crippen molar-refractivity contribution in [2.75, 3.05) is 39.5 Å². The van der Waals surface area contributed by atoms with Crippen molar-refractivity contribution in [1.29, 1.82) is 0 Å². The summed E-state index contributed by atoms with van der Waals surface area (Å²) in [5.41, 5.74) is 0.791. The van der Waals surface area contributed by atoms with Gasteiger partial charge in [-0.2, -0.15) is 0 Å². The number of hydrogen-bond acceptors (Lipinski definition) is 4. The second-order valence-corrected chi connectivity index (χ2v) is 6.17. The second-order valence-electron chi connectivity index (χ2n) is 4.29. The van der Waals surface area contributed by atoms with Gasteiger partial charge in [-0.1, -0.05) is 0 Å². The van der Waals surface area contributed by atoms with Gasteiger partial charge >= 0.3 is 6.03 Å². The van der Waals surface area contributed by atoms with Gasteiger partial charge in [-0.15, -0.1) is 0 Å². The standard InChI is InChI=1S/C12H20N4O3S/c1-13-20(18,19)11-6-4-10(5-7-11)14-8-9-15-12(17)16(2)3/h4-7,13-14H,8-9H2,1-3H3,(H,15,17). The molecule has 112 valence electrons. The summed E-state index contributed by atoms with van der Waals surface area (Å²) >= 11 is 0. The number of urea groups is 1. The van der Waals surface area contributed by atoms with Crippen molar-refractivity contribution in [3.05, 3.63) is 24.3 Å². The van der Waals surface area contributed by atoms with Gasteiger partial charge in [0.2, 0.25) is 10.0 Å². The van der Waals surface area contributed by atoms with E-state index < -0.39 is 10.0 Å². The van der Waals surface area contributed by atoms with Crippen LogP contribution in [0, 0.1) is 0 Å². The molecule has 0 aliphatic heterocycles. The third kappa shape index (κ3) is 4.71. The zero-order chi connectivity index (χ0) is 15.2. The SMILES string of the molecule is CNS(=O)(=O)c1ccc(NCCNC(=O)N(C)C)cc1. The van der Waals surface area contributed by atoms with Crippen LogP contribution < -0.4 is 15.4 Å². The van der Waals surface area contributed by atoms with Gasteiger partial charge in [0.1, 0.15) is 0 Å². The highest BCUT2D eigenvalue weighted by atomic mass is 32.2. The number of carbonyl (C=O) groups excluding carboxylic acids is 1. The minimum Gasteiger partial charge on any atom is -0.383 e. The maximum Gasteiger partial charge on any atom is 0.316 e. The second kappa shape index (κ2) is 7.11. The summed E-state index contributed by atoms with van der Waals surface area (Å²) in [6.07, 6.45) is 0.